The van der Waals surface area contributed by atoms with Crippen molar-refractivity contribution in [2.45, 2.75) is 50.5 Å². The van der Waals surface area contributed by atoms with Gasteiger partial charge < -0.3 is 50.5 Å². The van der Waals surface area contributed by atoms with Crippen molar-refractivity contribution in [3.63, 3.8) is 0 Å². The quantitative estimate of drug-likeness (QED) is 0.130. The molecule has 12 nitrogen and oxygen atoms in total. The highest BCUT2D eigenvalue weighted by molar-refractivity contribution is 5.81. The SMILES string of the molecule is COc1cc(C2c3cc4c(cc3[C@@H](NC(=O)CCCCNCCCCNCCCN)[C@H]3COC(=O)[C@H]23)OCO4)cc(OC)c1O. The number of esters is 1. The molecule has 2 heterocycles. The van der Waals surface area contributed by atoms with Gasteiger partial charge in [0.1, 0.15) is 0 Å². The molecule has 0 spiro atoms. The number of ether oxygens (including phenoxy) is 5. The van der Waals surface area contributed by atoms with Crippen molar-refractivity contribution >= 4 is 11.9 Å². The maximum atomic E-state index is 13.3. The van der Waals surface area contributed by atoms with Crippen LogP contribution in [0.5, 0.6) is 28.7 Å². The van der Waals surface area contributed by atoms with E-state index in [1.807, 2.05) is 12.1 Å². The van der Waals surface area contributed by atoms with Crippen molar-refractivity contribution in [3.8, 4) is 28.7 Å². The molecule has 4 atom stereocenters. The molecule has 1 saturated heterocycles. The molecule has 0 radical (unpaired) electrons. The van der Waals surface area contributed by atoms with E-state index in [2.05, 4.69) is 16.0 Å². The molecule has 12 heteroatoms. The highest BCUT2D eigenvalue weighted by atomic mass is 16.7. The Bertz CT molecular complexity index is 1310. The molecule has 1 aliphatic carbocycles. The number of carbonyl (C=O) groups excluding carboxylic acids is 2. The molecule has 1 unspecified atom stereocenters. The lowest BCUT2D eigenvalue weighted by Gasteiger charge is -2.39. The van der Waals surface area contributed by atoms with Gasteiger partial charge in [0, 0.05) is 18.3 Å². The monoisotopic (exact) mass is 626 g/mol. The minimum atomic E-state index is -0.581. The fourth-order valence-electron chi connectivity index (χ4n) is 6.60. The Morgan fingerprint density at radius 2 is 1.49 bits per heavy atom. The summed E-state index contributed by atoms with van der Waals surface area (Å²) in [6.07, 6.45) is 5.24. The predicted molar refractivity (Wildman–Crippen MR) is 167 cm³/mol. The molecule has 1 amide bonds. The number of amides is 1. The van der Waals surface area contributed by atoms with Crippen molar-refractivity contribution in [1.82, 2.24) is 16.0 Å². The summed E-state index contributed by atoms with van der Waals surface area (Å²) in [4.78, 5) is 26.6. The number of phenols is 1. The van der Waals surface area contributed by atoms with Gasteiger partial charge in [-0.05, 0) is 106 Å². The Morgan fingerprint density at radius 1 is 0.889 bits per heavy atom. The summed E-state index contributed by atoms with van der Waals surface area (Å²) >= 11 is 0. The Morgan fingerprint density at radius 3 is 2.11 bits per heavy atom. The van der Waals surface area contributed by atoms with Gasteiger partial charge in [-0.3, -0.25) is 9.59 Å². The van der Waals surface area contributed by atoms with Gasteiger partial charge in [-0.25, -0.2) is 0 Å². The normalized spacial score (nSPS) is 21.2. The number of cyclic esters (lactones) is 1. The van der Waals surface area contributed by atoms with Gasteiger partial charge in [0.05, 0.1) is 32.8 Å². The van der Waals surface area contributed by atoms with E-state index in [0.29, 0.717) is 17.9 Å². The van der Waals surface area contributed by atoms with E-state index in [1.165, 1.54) is 14.2 Å². The average Bonchev–Trinajstić information content (AvgIpc) is 3.67. The molecular weight excluding hydrogens is 580 g/mol. The molecule has 0 bridgehead atoms. The number of hydrogen-bond acceptors (Lipinski definition) is 11. The lowest BCUT2D eigenvalue weighted by atomic mass is 9.65. The molecule has 2 aromatic carbocycles. The summed E-state index contributed by atoms with van der Waals surface area (Å²) in [6.45, 7) is 4.78. The fraction of sp³-hybridized carbons (Fsp3) is 0.576. The summed E-state index contributed by atoms with van der Waals surface area (Å²) in [5, 5.41) is 20.6. The molecule has 5 rings (SSSR count). The zero-order chi connectivity index (χ0) is 31.8. The number of unbranched alkanes of at least 4 members (excludes halogenated alkanes) is 2. The van der Waals surface area contributed by atoms with Gasteiger partial charge in [0.2, 0.25) is 18.4 Å². The zero-order valence-corrected chi connectivity index (χ0v) is 26.2. The number of benzene rings is 2. The molecule has 2 aliphatic heterocycles. The third-order valence-electron chi connectivity index (χ3n) is 8.89. The Kier molecular flexibility index (Phi) is 11.2. The van der Waals surface area contributed by atoms with Crippen LogP contribution >= 0.6 is 0 Å². The topological polar surface area (TPSA) is 163 Å². The Labute approximate surface area is 264 Å². The minimum Gasteiger partial charge on any atom is -0.502 e. The van der Waals surface area contributed by atoms with E-state index < -0.39 is 17.9 Å². The number of methoxy groups -OCH3 is 2. The van der Waals surface area contributed by atoms with Crippen molar-refractivity contribution in [2.24, 2.45) is 17.6 Å². The molecule has 3 aliphatic rings. The second kappa shape index (κ2) is 15.5. The van der Waals surface area contributed by atoms with E-state index in [0.717, 1.165) is 81.5 Å². The number of phenolic OH excluding ortho intramolecular Hbond substituents is 1. The molecule has 0 aromatic heterocycles. The maximum absolute atomic E-state index is 13.3. The number of hydrogen-bond donors (Lipinski definition) is 5. The lowest BCUT2D eigenvalue weighted by Crippen LogP contribution is -2.42. The maximum Gasteiger partial charge on any atom is 0.310 e. The van der Waals surface area contributed by atoms with Crippen LogP contribution in [0.1, 0.15) is 67.2 Å². The van der Waals surface area contributed by atoms with Crippen molar-refractivity contribution in [2.75, 3.05) is 60.3 Å². The van der Waals surface area contributed by atoms with E-state index in [-0.39, 0.29) is 48.4 Å². The van der Waals surface area contributed by atoms with Crippen molar-refractivity contribution in [1.29, 1.82) is 0 Å². The highest BCUT2D eigenvalue weighted by Gasteiger charge is 2.53. The van der Waals surface area contributed by atoms with Gasteiger partial charge in [-0.2, -0.15) is 0 Å². The smallest absolute Gasteiger partial charge is 0.310 e. The molecule has 45 heavy (non-hydrogen) atoms. The molecule has 246 valence electrons. The number of carbonyl (C=O) groups is 2. The van der Waals surface area contributed by atoms with Gasteiger partial charge in [-0.15, -0.1) is 0 Å². The van der Waals surface area contributed by atoms with Crippen LogP contribution in [0.15, 0.2) is 24.3 Å². The molecule has 0 saturated carbocycles. The lowest BCUT2D eigenvalue weighted by molar-refractivity contribution is -0.141. The largest absolute Gasteiger partial charge is 0.502 e. The number of fused-ring (bicyclic) bond motifs is 3. The third kappa shape index (κ3) is 7.40. The van der Waals surface area contributed by atoms with Crippen LogP contribution in [-0.2, 0) is 14.3 Å². The second-order valence-electron chi connectivity index (χ2n) is 11.8. The summed E-state index contributed by atoms with van der Waals surface area (Å²) in [5.74, 6) is -0.256. The van der Waals surface area contributed by atoms with E-state index >= 15 is 0 Å². The molecule has 2 aromatic rings. The summed E-state index contributed by atoms with van der Waals surface area (Å²) in [6, 6.07) is 6.77. The second-order valence-corrected chi connectivity index (χ2v) is 11.8. The Hall–Kier alpha value is -3.74. The number of rotatable bonds is 17. The fourth-order valence-corrected chi connectivity index (χ4v) is 6.60. The van der Waals surface area contributed by atoms with Gasteiger partial charge in [0.15, 0.2) is 23.0 Å². The third-order valence-corrected chi connectivity index (χ3v) is 8.89. The van der Waals surface area contributed by atoms with Gasteiger partial charge in [-0.1, -0.05) is 0 Å². The van der Waals surface area contributed by atoms with Crippen LogP contribution < -0.4 is 40.6 Å². The first-order valence-corrected chi connectivity index (χ1v) is 15.9. The predicted octanol–water partition coefficient (Wildman–Crippen LogP) is 2.71. The first kappa shape index (κ1) is 32.6. The first-order chi connectivity index (χ1) is 22.0. The van der Waals surface area contributed by atoms with Gasteiger partial charge in [0.25, 0.3) is 0 Å². The standard InChI is InChI=1S/C33H46N4O8/c1-41-26-14-20(15-27(42-2)32(26)39)29-21-16-24-25(45-19-44-24)17-22(21)31(23-18-43-33(40)30(23)29)37-28(38)8-3-4-10-35-11-5-6-12-36-13-7-9-34/h14-17,23,29-31,35-36,39H,3-13,18-19,34H2,1-2H3,(H,37,38)/t23-,29?,30-,31+/m0/s1. The van der Waals surface area contributed by atoms with Crippen LogP contribution in [0.3, 0.4) is 0 Å². The van der Waals surface area contributed by atoms with Crippen LogP contribution in [0.25, 0.3) is 0 Å². The van der Waals surface area contributed by atoms with Crippen LogP contribution in [0.2, 0.25) is 0 Å². The van der Waals surface area contributed by atoms with E-state index in [9.17, 15) is 14.7 Å². The number of nitrogens with two attached hydrogens (primary N) is 1. The van der Waals surface area contributed by atoms with E-state index in [1.54, 1.807) is 12.1 Å². The molecule has 6 N–H and O–H groups in total. The average molecular weight is 627 g/mol. The van der Waals surface area contributed by atoms with Gasteiger partial charge >= 0.3 is 5.97 Å². The minimum absolute atomic E-state index is 0.0725. The van der Waals surface area contributed by atoms with E-state index in [4.69, 9.17) is 29.4 Å². The Balaban J connectivity index is 1.27. The number of nitrogens with one attached hydrogen (secondary N) is 3. The summed E-state index contributed by atoms with van der Waals surface area (Å²) in [7, 11) is 2.93. The summed E-state index contributed by atoms with van der Waals surface area (Å²) in [5.41, 5.74) is 7.89. The first-order valence-electron chi connectivity index (χ1n) is 15.9. The summed E-state index contributed by atoms with van der Waals surface area (Å²) < 4.78 is 27.9. The number of aromatic hydroxyl groups is 1. The van der Waals surface area contributed by atoms with Crippen LogP contribution in [0.4, 0.5) is 0 Å². The van der Waals surface area contributed by atoms with Crippen molar-refractivity contribution < 1.29 is 38.4 Å². The van der Waals surface area contributed by atoms with Crippen LogP contribution in [-0.4, -0.2) is 77.3 Å². The highest BCUT2D eigenvalue weighted by Crippen LogP contribution is 2.55. The van der Waals surface area contributed by atoms with Crippen LogP contribution in [0, 0.1) is 11.8 Å². The zero-order valence-electron chi connectivity index (χ0n) is 26.2. The van der Waals surface area contributed by atoms with Crippen molar-refractivity contribution in [3.05, 3.63) is 41.0 Å². The molecular formula is C33H46N4O8. The molecule has 1 fully saturated rings.